The second kappa shape index (κ2) is 3.15. The largest absolute Gasteiger partial charge is 0.382 e. The summed E-state index contributed by atoms with van der Waals surface area (Å²) >= 11 is 5.68. The predicted octanol–water partition coefficient (Wildman–Crippen LogP) is 1.42. The molecule has 0 saturated heterocycles. The molecule has 4 N–H and O–H groups in total. The molecule has 0 aromatic carbocycles. The highest BCUT2D eigenvalue weighted by Gasteiger charge is 2.10. The van der Waals surface area contributed by atoms with E-state index in [1.54, 1.807) is 0 Å². The number of nitrogen functional groups attached to an aromatic ring is 2. The summed E-state index contributed by atoms with van der Waals surface area (Å²) in [6.45, 7) is 3.93. The fourth-order valence-corrected chi connectivity index (χ4v) is 1.01. The first kappa shape index (κ1) is 9.06. The number of anilines is 2. The minimum atomic E-state index is 0.179. The maximum Gasteiger partial charge on any atom is 0.171 e. The first-order valence-corrected chi connectivity index (χ1v) is 3.98. The zero-order valence-electron chi connectivity index (χ0n) is 7.00. The second-order valence-corrected chi connectivity index (χ2v) is 3.18. The van der Waals surface area contributed by atoms with Gasteiger partial charge in [-0.3, -0.25) is 0 Å². The van der Waals surface area contributed by atoms with Crippen molar-refractivity contribution in [3.8, 4) is 0 Å². The van der Waals surface area contributed by atoms with Crippen LogP contribution in [0, 0.1) is 0 Å². The van der Waals surface area contributed by atoms with Crippen molar-refractivity contribution in [2.45, 2.75) is 19.8 Å². The van der Waals surface area contributed by atoms with Gasteiger partial charge < -0.3 is 11.5 Å². The molecule has 0 unspecified atom stereocenters. The topological polar surface area (TPSA) is 77.8 Å². The monoisotopic (exact) mass is 186 g/mol. The lowest BCUT2D eigenvalue weighted by atomic mass is 10.1. The van der Waals surface area contributed by atoms with Crippen molar-refractivity contribution in [1.82, 2.24) is 9.97 Å². The molecule has 1 rings (SSSR count). The van der Waals surface area contributed by atoms with E-state index in [1.807, 2.05) is 13.8 Å². The molecule has 4 nitrogen and oxygen atoms in total. The summed E-state index contributed by atoms with van der Waals surface area (Å²) in [5.41, 5.74) is 11.7. The number of aromatic nitrogens is 2. The molecule has 0 atom stereocenters. The van der Waals surface area contributed by atoms with Gasteiger partial charge in [0.25, 0.3) is 0 Å². The van der Waals surface area contributed by atoms with Gasteiger partial charge in [-0.1, -0.05) is 25.4 Å². The van der Waals surface area contributed by atoms with E-state index in [9.17, 15) is 0 Å². The molecular weight excluding hydrogens is 176 g/mol. The van der Waals surface area contributed by atoms with E-state index in [0.29, 0.717) is 11.5 Å². The van der Waals surface area contributed by atoms with Crippen LogP contribution in [-0.4, -0.2) is 9.97 Å². The highest BCUT2D eigenvalue weighted by Crippen LogP contribution is 2.22. The van der Waals surface area contributed by atoms with E-state index in [2.05, 4.69) is 9.97 Å². The number of nitrogens with zero attached hydrogens (tertiary/aromatic N) is 2. The van der Waals surface area contributed by atoms with E-state index in [-0.39, 0.29) is 16.9 Å². The van der Waals surface area contributed by atoms with Crippen LogP contribution >= 0.6 is 11.6 Å². The quantitative estimate of drug-likeness (QED) is 0.696. The average Bonchev–Trinajstić information content (AvgIpc) is 1.96. The van der Waals surface area contributed by atoms with Gasteiger partial charge in [0.15, 0.2) is 11.0 Å². The average molecular weight is 187 g/mol. The summed E-state index contributed by atoms with van der Waals surface area (Å²) < 4.78 is 0. The van der Waals surface area contributed by atoms with Crippen LogP contribution in [0.15, 0.2) is 0 Å². The maximum absolute atomic E-state index is 5.68. The fourth-order valence-electron chi connectivity index (χ4n) is 0.878. The lowest BCUT2D eigenvalue weighted by molar-refractivity contribution is 0.819. The Morgan fingerprint density at radius 2 is 1.75 bits per heavy atom. The van der Waals surface area contributed by atoms with E-state index in [1.165, 1.54) is 0 Å². The molecule has 1 aromatic heterocycles. The molecule has 0 aliphatic rings. The predicted molar refractivity (Wildman–Crippen MR) is 50.0 cm³/mol. The van der Waals surface area contributed by atoms with E-state index in [0.717, 1.165) is 0 Å². The Labute approximate surface area is 75.9 Å². The Balaban J connectivity index is 3.23. The number of hydrogen-bond donors (Lipinski definition) is 2. The Hall–Kier alpha value is -1.03. The van der Waals surface area contributed by atoms with Crippen LogP contribution < -0.4 is 11.5 Å². The van der Waals surface area contributed by atoms with Crippen LogP contribution in [0.25, 0.3) is 0 Å². The molecule has 0 bridgehead atoms. The highest BCUT2D eigenvalue weighted by atomic mass is 35.5. The summed E-state index contributed by atoms with van der Waals surface area (Å²) in [7, 11) is 0. The van der Waals surface area contributed by atoms with E-state index in [4.69, 9.17) is 23.1 Å². The molecule has 1 heterocycles. The van der Waals surface area contributed by atoms with Crippen LogP contribution in [-0.2, 0) is 0 Å². The van der Waals surface area contributed by atoms with Crippen LogP contribution in [0.1, 0.15) is 25.5 Å². The van der Waals surface area contributed by atoms with Gasteiger partial charge in [-0.2, -0.15) is 0 Å². The third kappa shape index (κ3) is 1.58. The van der Waals surface area contributed by atoms with Gasteiger partial charge in [0, 0.05) is 0 Å². The molecule has 5 heteroatoms. The summed E-state index contributed by atoms with van der Waals surface area (Å²) in [5.74, 6) is 0.737. The van der Waals surface area contributed by atoms with Crippen molar-refractivity contribution in [3.63, 3.8) is 0 Å². The van der Waals surface area contributed by atoms with Gasteiger partial charge in [-0.15, -0.1) is 0 Å². The number of hydrogen-bond acceptors (Lipinski definition) is 4. The van der Waals surface area contributed by atoms with Crippen LogP contribution in [0.3, 0.4) is 0 Å². The molecule has 12 heavy (non-hydrogen) atoms. The van der Waals surface area contributed by atoms with Crippen molar-refractivity contribution in [2.24, 2.45) is 0 Å². The van der Waals surface area contributed by atoms with Gasteiger partial charge in [0.2, 0.25) is 0 Å². The van der Waals surface area contributed by atoms with Crippen LogP contribution in [0.5, 0.6) is 0 Å². The fraction of sp³-hybridized carbons (Fsp3) is 0.429. The Morgan fingerprint density at radius 3 is 2.25 bits per heavy atom. The standard InChI is InChI=1S/C7H11ClN4/c1-3(2)4-6(9)12-7(10)5(8)11-4/h3H,1-2H3,(H4,9,10,12). The summed E-state index contributed by atoms with van der Waals surface area (Å²) in [6, 6.07) is 0. The van der Waals surface area contributed by atoms with Crippen molar-refractivity contribution in [1.29, 1.82) is 0 Å². The van der Waals surface area contributed by atoms with E-state index >= 15 is 0 Å². The molecular formula is C7H11ClN4. The Morgan fingerprint density at radius 1 is 1.17 bits per heavy atom. The zero-order valence-corrected chi connectivity index (χ0v) is 7.76. The van der Waals surface area contributed by atoms with Gasteiger partial charge in [0.05, 0.1) is 5.69 Å². The summed E-state index contributed by atoms with van der Waals surface area (Å²) in [6.07, 6.45) is 0. The number of rotatable bonds is 1. The third-order valence-corrected chi connectivity index (χ3v) is 1.76. The molecule has 66 valence electrons. The highest BCUT2D eigenvalue weighted by molar-refractivity contribution is 6.31. The molecule has 0 saturated carbocycles. The normalized spacial score (nSPS) is 10.7. The van der Waals surface area contributed by atoms with Crippen LogP contribution in [0.4, 0.5) is 11.6 Å². The molecule has 0 amide bonds. The number of nitrogens with two attached hydrogens (primary N) is 2. The smallest absolute Gasteiger partial charge is 0.171 e. The lowest BCUT2D eigenvalue weighted by Gasteiger charge is -2.08. The van der Waals surface area contributed by atoms with Crippen molar-refractivity contribution >= 4 is 23.2 Å². The molecule has 1 aromatic rings. The molecule has 0 aliphatic heterocycles. The zero-order chi connectivity index (χ0) is 9.30. The van der Waals surface area contributed by atoms with Crippen molar-refractivity contribution < 1.29 is 0 Å². The summed E-state index contributed by atoms with van der Waals surface area (Å²) in [5, 5.41) is 0.216. The summed E-state index contributed by atoms with van der Waals surface area (Å²) in [4.78, 5) is 7.88. The lowest BCUT2D eigenvalue weighted by Crippen LogP contribution is -2.06. The Bertz CT molecular complexity index is 298. The Kier molecular flexibility index (Phi) is 2.38. The van der Waals surface area contributed by atoms with E-state index < -0.39 is 0 Å². The second-order valence-electron chi connectivity index (χ2n) is 2.82. The molecule has 0 aliphatic carbocycles. The molecule has 0 radical (unpaired) electrons. The number of halogens is 1. The first-order chi connectivity index (χ1) is 5.52. The third-order valence-electron chi connectivity index (χ3n) is 1.48. The SMILES string of the molecule is CC(C)c1nc(Cl)c(N)nc1N. The van der Waals surface area contributed by atoms with Crippen molar-refractivity contribution in [2.75, 3.05) is 11.5 Å². The minimum absolute atomic E-state index is 0.179. The van der Waals surface area contributed by atoms with Gasteiger partial charge >= 0.3 is 0 Å². The van der Waals surface area contributed by atoms with Crippen molar-refractivity contribution in [3.05, 3.63) is 10.8 Å². The maximum atomic E-state index is 5.68. The molecule has 0 fully saturated rings. The first-order valence-electron chi connectivity index (χ1n) is 3.60. The molecule has 0 spiro atoms. The van der Waals surface area contributed by atoms with Gasteiger partial charge in [0.1, 0.15) is 5.82 Å². The van der Waals surface area contributed by atoms with Crippen LogP contribution in [0.2, 0.25) is 5.15 Å². The van der Waals surface area contributed by atoms with Gasteiger partial charge in [-0.25, -0.2) is 9.97 Å². The minimum Gasteiger partial charge on any atom is -0.382 e. The van der Waals surface area contributed by atoms with Gasteiger partial charge in [-0.05, 0) is 5.92 Å².